The number of rotatable bonds is 3. The van der Waals surface area contributed by atoms with Gasteiger partial charge in [-0.3, -0.25) is 4.99 Å². The van der Waals surface area contributed by atoms with Crippen molar-refractivity contribution in [1.29, 1.82) is 0 Å². The number of hydrogen-bond donors (Lipinski definition) is 1. The fourth-order valence-electron chi connectivity index (χ4n) is 0.688. The Morgan fingerprint density at radius 1 is 1.27 bits per heavy atom. The number of nitrogens with one attached hydrogen (secondary N) is 1. The lowest BCUT2D eigenvalue weighted by atomic mass is 10.4. The zero-order valence-corrected chi connectivity index (χ0v) is 7.72. The van der Waals surface area contributed by atoms with E-state index < -0.39 is 0 Å². The standard InChI is InChI=1S/C7H16N2.C2H2/c1-4-7(8-5-2)9-6-3;1-2/h4-6H2,1-3H3,(H,8,9);1-2H. The van der Waals surface area contributed by atoms with Crippen LogP contribution < -0.4 is 5.32 Å². The van der Waals surface area contributed by atoms with Gasteiger partial charge in [-0.15, -0.1) is 12.8 Å². The average molecular weight is 154 g/mol. The molecule has 64 valence electrons. The van der Waals surface area contributed by atoms with Gasteiger partial charge in [0.2, 0.25) is 0 Å². The van der Waals surface area contributed by atoms with Crippen LogP contribution in [0, 0.1) is 12.8 Å². The molecule has 0 aromatic carbocycles. The zero-order valence-electron chi connectivity index (χ0n) is 7.72. The minimum absolute atomic E-state index is 0.885. The fraction of sp³-hybridized carbons (Fsp3) is 0.667. The molecule has 0 rings (SSSR count). The summed E-state index contributed by atoms with van der Waals surface area (Å²) in [6, 6.07) is 0. The van der Waals surface area contributed by atoms with Crippen molar-refractivity contribution in [3.8, 4) is 12.8 Å². The van der Waals surface area contributed by atoms with E-state index in [1.807, 2.05) is 6.92 Å². The van der Waals surface area contributed by atoms with Crippen LogP contribution in [-0.4, -0.2) is 18.9 Å². The van der Waals surface area contributed by atoms with Crippen molar-refractivity contribution in [2.24, 2.45) is 4.99 Å². The van der Waals surface area contributed by atoms with Gasteiger partial charge < -0.3 is 5.32 Å². The highest BCUT2D eigenvalue weighted by atomic mass is 15.0. The Kier molecular flexibility index (Phi) is 13.6. The summed E-state index contributed by atoms with van der Waals surface area (Å²) in [5, 5.41) is 3.18. The molecule has 0 amide bonds. The molecule has 0 aromatic heterocycles. The van der Waals surface area contributed by atoms with E-state index in [0.717, 1.165) is 25.3 Å². The van der Waals surface area contributed by atoms with E-state index in [-0.39, 0.29) is 0 Å². The molecule has 0 heterocycles. The van der Waals surface area contributed by atoms with Crippen LogP contribution in [0.5, 0.6) is 0 Å². The van der Waals surface area contributed by atoms with Crippen molar-refractivity contribution in [3.63, 3.8) is 0 Å². The Hall–Kier alpha value is -0.970. The van der Waals surface area contributed by atoms with Crippen molar-refractivity contribution < 1.29 is 0 Å². The summed E-state index contributed by atoms with van der Waals surface area (Å²) in [7, 11) is 0. The zero-order chi connectivity index (χ0) is 9.11. The Labute approximate surface area is 70.1 Å². The maximum atomic E-state index is 4.24. The third-order valence-corrected chi connectivity index (χ3v) is 1.06. The number of aliphatic imine (C=N–C) groups is 1. The lowest BCUT2D eigenvalue weighted by Crippen LogP contribution is -2.22. The number of hydrogen-bond acceptors (Lipinski definition) is 1. The third-order valence-electron chi connectivity index (χ3n) is 1.06. The van der Waals surface area contributed by atoms with Crippen LogP contribution in [0.1, 0.15) is 27.2 Å². The van der Waals surface area contributed by atoms with Crippen LogP contribution in [0.3, 0.4) is 0 Å². The molecule has 11 heavy (non-hydrogen) atoms. The lowest BCUT2D eigenvalue weighted by molar-refractivity contribution is 0.916. The number of nitrogens with zero attached hydrogens (tertiary/aromatic N) is 1. The highest BCUT2D eigenvalue weighted by Gasteiger charge is 1.87. The largest absolute Gasteiger partial charge is 0.374 e. The minimum atomic E-state index is 0.885. The molecule has 0 bridgehead atoms. The van der Waals surface area contributed by atoms with Gasteiger partial charge in [0.1, 0.15) is 0 Å². The molecule has 2 nitrogen and oxygen atoms in total. The molecule has 0 atom stereocenters. The Balaban J connectivity index is 0. The van der Waals surface area contributed by atoms with E-state index in [0.29, 0.717) is 0 Å². The van der Waals surface area contributed by atoms with E-state index in [9.17, 15) is 0 Å². The summed E-state index contributed by atoms with van der Waals surface area (Å²) >= 11 is 0. The van der Waals surface area contributed by atoms with Gasteiger partial charge in [-0.2, -0.15) is 0 Å². The molecule has 0 saturated heterocycles. The van der Waals surface area contributed by atoms with Gasteiger partial charge in [0.15, 0.2) is 0 Å². The van der Waals surface area contributed by atoms with Crippen LogP contribution in [0.2, 0.25) is 0 Å². The summed E-state index contributed by atoms with van der Waals surface area (Å²) in [4.78, 5) is 4.24. The number of amidine groups is 1. The molecule has 2 heteroatoms. The van der Waals surface area contributed by atoms with Crippen LogP contribution in [0.25, 0.3) is 0 Å². The van der Waals surface area contributed by atoms with E-state index in [1.165, 1.54) is 0 Å². The molecule has 0 aliphatic heterocycles. The van der Waals surface area contributed by atoms with Crippen molar-refractivity contribution in [1.82, 2.24) is 5.32 Å². The van der Waals surface area contributed by atoms with Crippen molar-refractivity contribution in [2.75, 3.05) is 13.1 Å². The molecular formula is C9H18N2. The molecule has 0 aromatic rings. The Morgan fingerprint density at radius 2 is 1.82 bits per heavy atom. The van der Waals surface area contributed by atoms with Gasteiger partial charge in [-0.05, 0) is 13.8 Å². The van der Waals surface area contributed by atoms with Crippen molar-refractivity contribution in [3.05, 3.63) is 0 Å². The molecule has 1 N–H and O–H groups in total. The SMILES string of the molecule is C#C.CCN=C(CC)NCC. The Morgan fingerprint density at radius 3 is 2.09 bits per heavy atom. The topological polar surface area (TPSA) is 24.4 Å². The van der Waals surface area contributed by atoms with Gasteiger partial charge in [-0.1, -0.05) is 6.92 Å². The second-order valence-corrected chi connectivity index (χ2v) is 1.80. The predicted octanol–water partition coefficient (Wildman–Crippen LogP) is 1.67. The summed E-state index contributed by atoms with van der Waals surface area (Å²) in [5.74, 6) is 1.12. The molecule has 0 unspecified atom stereocenters. The molecule has 0 aliphatic carbocycles. The van der Waals surface area contributed by atoms with Crippen LogP contribution in [-0.2, 0) is 0 Å². The maximum Gasteiger partial charge on any atom is 0.0960 e. The minimum Gasteiger partial charge on any atom is -0.374 e. The number of terminal acetylenes is 1. The molecule has 0 spiro atoms. The van der Waals surface area contributed by atoms with E-state index in [2.05, 4.69) is 37.0 Å². The van der Waals surface area contributed by atoms with E-state index in [4.69, 9.17) is 0 Å². The molecular weight excluding hydrogens is 136 g/mol. The van der Waals surface area contributed by atoms with Crippen molar-refractivity contribution >= 4 is 5.84 Å². The molecule has 0 fully saturated rings. The van der Waals surface area contributed by atoms with Crippen LogP contribution >= 0.6 is 0 Å². The van der Waals surface area contributed by atoms with E-state index in [1.54, 1.807) is 0 Å². The first-order chi connectivity index (χ1) is 5.35. The average Bonchev–Trinajstić information content (AvgIpc) is 2.08. The molecule has 0 saturated carbocycles. The summed E-state index contributed by atoms with van der Waals surface area (Å²) in [5.41, 5.74) is 0. The van der Waals surface area contributed by atoms with Gasteiger partial charge in [-0.25, -0.2) is 0 Å². The van der Waals surface area contributed by atoms with Gasteiger partial charge >= 0.3 is 0 Å². The first-order valence-corrected chi connectivity index (χ1v) is 3.95. The van der Waals surface area contributed by atoms with E-state index >= 15 is 0 Å². The highest BCUT2D eigenvalue weighted by Crippen LogP contribution is 1.80. The summed E-state index contributed by atoms with van der Waals surface area (Å²) in [6.45, 7) is 8.10. The maximum absolute atomic E-state index is 4.24. The van der Waals surface area contributed by atoms with Gasteiger partial charge in [0.25, 0.3) is 0 Å². The molecule has 0 aliphatic rings. The van der Waals surface area contributed by atoms with Crippen LogP contribution in [0.15, 0.2) is 4.99 Å². The first-order valence-electron chi connectivity index (χ1n) is 3.95. The predicted molar refractivity (Wildman–Crippen MR) is 51.8 cm³/mol. The third kappa shape index (κ3) is 9.03. The smallest absolute Gasteiger partial charge is 0.0960 e. The van der Waals surface area contributed by atoms with Gasteiger partial charge in [0.05, 0.1) is 5.84 Å². The highest BCUT2D eigenvalue weighted by molar-refractivity contribution is 5.81. The quantitative estimate of drug-likeness (QED) is 0.373. The second kappa shape index (κ2) is 11.8. The fourth-order valence-corrected chi connectivity index (χ4v) is 0.688. The summed E-state index contributed by atoms with van der Waals surface area (Å²) in [6.07, 6.45) is 9.02. The molecule has 0 radical (unpaired) electrons. The Bertz CT molecular complexity index is 114. The van der Waals surface area contributed by atoms with Crippen molar-refractivity contribution in [2.45, 2.75) is 27.2 Å². The normalized spacial score (nSPS) is 9.73. The van der Waals surface area contributed by atoms with Crippen LogP contribution in [0.4, 0.5) is 0 Å². The van der Waals surface area contributed by atoms with Gasteiger partial charge in [0, 0.05) is 19.5 Å². The lowest BCUT2D eigenvalue weighted by Gasteiger charge is -2.02. The first kappa shape index (κ1) is 12.7. The summed E-state index contributed by atoms with van der Waals surface area (Å²) < 4.78 is 0. The monoisotopic (exact) mass is 154 g/mol. The second-order valence-electron chi connectivity index (χ2n) is 1.80.